The van der Waals surface area contributed by atoms with Crippen LogP contribution in [0.5, 0.6) is 0 Å². The van der Waals surface area contributed by atoms with Crippen LogP contribution in [0.15, 0.2) is 42.6 Å². The van der Waals surface area contributed by atoms with Gasteiger partial charge >= 0.3 is 0 Å². The fourth-order valence-electron chi connectivity index (χ4n) is 1.70. The predicted molar refractivity (Wildman–Crippen MR) is 71.0 cm³/mol. The minimum absolute atomic E-state index is 0.255. The van der Waals surface area contributed by atoms with Crippen LogP contribution in [0.4, 0.5) is 5.69 Å². The van der Waals surface area contributed by atoms with E-state index in [1.165, 1.54) is 5.56 Å². The molecule has 0 aliphatic carbocycles. The summed E-state index contributed by atoms with van der Waals surface area (Å²) >= 11 is 0. The highest BCUT2D eigenvalue weighted by Crippen LogP contribution is 2.08. The molecule has 0 aliphatic heterocycles. The summed E-state index contributed by atoms with van der Waals surface area (Å²) in [5, 5.41) is 2.80. The molecule has 92 valence electrons. The smallest absolute Gasteiger partial charge is 0.272 e. The van der Waals surface area contributed by atoms with Crippen molar-refractivity contribution in [3.8, 4) is 0 Å². The number of amides is 1. The monoisotopic (exact) mass is 241 g/mol. The summed E-state index contributed by atoms with van der Waals surface area (Å²) in [6.07, 6.45) is 1.55. The van der Waals surface area contributed by atoms with E-state index in [9.17, 15) is 4.79 Å². The second kappa shape index (κ2) is 5.31. The molecule has 3 N–H and O–H groups in total. The van der Waals surface area contributed by atoms with Gasteiger partial charge in [0, 0.05) is 12.7 Å². The minimum Gasteiger partial charge on any atom is -0.397 e. The van der Waals surface area contributed by atoms with Gasteiger partial charge in [-0.3, -0.25) is 4.79 Å². The lowest BCUT2D eigenvalue weighted by molar-refractivity contribution is 0.0947. The van der Waals surface area contributed by atoms with Gasteiger partial charge < -0.3 is 11.1 Å². The van der Waals surface area contributed by atoms with Gasteiger partial charge in [-0.05, 0) is 24.6 Å². The summed E-state index contributed by atoms with van der Waals surface area (Å²) in [5.41, 5.74) is 8.57. The van der Waals surface area contributed by atoms with Crippen molar-refractivity contribution in [1.82, 2.24) is 10.3 Å². The van der Waals surface area contributed by atoms with Crippen LogP contribution in [0.25, 0.3) is 0 Å². The van der Waals surface area contributed by atoms with E-state index in [4.69, 9.17) is 5.73 Å². The number of nitrogens with one attached hydrogen (secondary N) is 1. The van der Waals surface area contributed by atoms with E-state index < -0.39 is 0 Å². The molecule has 4 nitrogen and oxygen atoms in total. The number of nitrogens with two attached hydrogens (primary N) is 1. The van der Waals surface area contributed by atoms with Crippen molar-refractivity contribution in [3.63, 3.8) is 0 Å². The van der Waals surface area contributed by atoms with Crippen LogP contribution in [-0.2, 0) is 6.54 Å². The van der Waals surface area contributed by atoms with Gasteiger partial charge in [0.05, 0.1) is 5.69 Å². The first kappa shape index (κ1) is 12.1. The van der Waals surface area contributed by atoms with Crippen LogP contribution in [0, 0.1) is 6.92 Å². The number of benzene rings is 1. The molecule has 0 saturated carbocycles. The fraction of sp³-hybridized carbons (Fsp3) is 0.143. The number of nitrogens with zero attached hydrogens (tertiary/aromatic N) is 1. The first-order valence-electron chi connectivity index (χ1n) is 5.71. The van der Waals surface area contributed by atoms with E-state index in [-0.39, 0.29) is 11.6 Å². The predicted octanol–water partition coefficient (Wildman–Crippen LogP) is 1.90. The van der Waals surface area contributed by atoms with Crippen LogP contribution < -0.4 is 11.1 Å². The lowest BCUT2D eigenvalue weighted by Gasteiger charge is -2.07. The first-order valence-corrected chi connectivity index (χ1v) is 5.71. The molecule has 4 heteroatoms. The molecule has 18 heavy (non-hydrogen) atoms. The largest absolute Gasteiger partial charge is 0.397 e. The maximum absolute atomic E-state index is 11.9. The number of rotatable bonds is 3. The molecule has 1 amide bonds. The van der Waals surface area contributed by atoms with Gasteiger partial charge in [0.25, 0.3) is 5.91 Å². The van der Waals surface area contributed by atoms with Crippen molar-refractivity contribution in [2.75, 3.05) is 5.73 Å². The van der Waals surface area contributed by atoms with Crippen molar-refractivity contribution in [2.45, 2.75) is 13.5 Å². The molecule has 2 aromatic rings. The van der Waals surface area contributed by atoms with Crippen molar-refractivity contribution in [1.29, 1.82) is 0 Å². The molecule has 0 fully saturated rings. The Balaban J connectivity index is 2.03. The standard InChI is InChI=1S/C14H15N3O/c1-10-4-2-5-11(8-10)9-17-14(18)13-12(15)6-3-7-16-13/h2-8H,9,15H2,1H3,(H,17,18). The Bertz CT molecular complexity index is 566. The van der Waals surface area contributed by atoms with E-state index in [2.05, 4.69) is 10.3 Å². The zero-order valence-electron chi connectivity index (χ0n) is 10.2. The van der Waals surface area contributed by atoms with Gasteiger partial charge in [-0.15, -0.1) is 0 Å². The van der Waals surface area contributed by atoms with Gasteiger partial charge in [0.1, 0.15) is 0 Å². The van der Waals surface area contributed by atoms with Gasteiger partial charge in [-0.25, -0.2) is 4.98 Å². The molecule has 0 bridgehead atoms. The fourth-order valence-corrected chi connectivity index (χ4v) is 1.70. The van der Waals surface area contributed by atoms with E-state index in [1.54, 1.807) is 18.3 Å². The average Bonchev–Trinajstić information content (AvgIpc) is 2.37. The van der Waals surface area contributed by atoms with E-state index in [0.717, 1.165) is 5.56 Å². The molecule has 0 saturated heterocycles. The van der Waals surface area contributed by atoms with Crippen molar-refractivity contribution >= 4 is 11.6 Å². The maximum Gasteiger partial charge on any atom is 0.272 e. The summed E-state index contributed by atoms with van der Waals surface area (Å²) in [6, 6.07) is 11.3. The van der Waals surface area contributed by atoms with Gasteiger partial charge in [-0.1, -0.05) is 29.8 Å². The molecule has 0 aliphatic rings. The summed E-state index contributed by atoms with van der Waals surface area (Å²) in [5.74, 6) is -0.255. The number of pyridine rings is 1. The Kier molecular flexibility index (Phi) is 3.57. The lowest BCUT2D eigenvalue weighted by Crippen LogP contribution is -2.24. The summed E-state index contributed by atoms with van der Waals surface area (Å²) in [6.45, 7) is 2.48. The third kappa shape index (κ3) is 2.85. The van der Waals surface area contributed by atoms with Crippen LogP contribution in [0.2, 0.25) is 0 Å². The van der Waals surface area contributed by atoms with Gasteiger partial charge in [0.2, 0.25) is 0 Å². The number of hydrogen-bond donors (Lipinski definition) is 2. The molecule has 0 radical (unpaired) electrons. The van der Waals surface area contributed by atoms with Crippen LogP contribution in [-0.4, -0.2) is 10.9 Å². The molecule has 0 atom stereocenters. The zero-order chi connectivity index (χ0) is 13.0. The highest BCUT2D eigenvalue weighted by atomic mass is 16.1. The quantitative estimate of drug-likeness (QED) is 0.862. The summed E-state index contributed by atoms with van der Waals surface area (Å²) in [4.78, 5) is 15.8. The molecule has 1 aromatic heterocycles. The molecule has 2 rings (SSSR count). The minimum atomic E-state index is -0.255. The van der Waals surface area contributed by atoms with E-state index in [1.807, 2.05) is 31.2 Å². The van der Waals surface area contributed by atoms with E-state index in [0.29, 0.717) is 12.2 Å². The molecule has 1 aromatic carbocycles. The zero-order valence-corrected chi connectivity index (χ0v) is 10.2. The highest BCUT2D eigenvalue weighted by molar-refractivity contribution is 5.96. The number of anilines is 1. The third-order valence-electron chi connectivity index (χ3n) is 2.59. The summed E-state index contributed by atoms with van der Waals surface area (Å²) < 4.78 is 0. The Hall–Kier alpha value is -2.36. The maximum atomic E-state index is 11.9. The Morgan fingerprint density at radius 3 is 2.89 bits per heavy atom. The third-order valence-corrected chi connectivity index (χ3v) is 2.59. The molecular weight excluding hydrogens is 226 g/mol. The topological polar surface area (TPSA) is 68.0 Å². The normalized spacial score (nSPS) is 10.1. The molecular formula is C14H15N3O. The van der Waals surface area contributed by atoms with E-state index >= 15 is 0 Å². The van der Waals surface area contributed by atoms with Crippen LogP contribution >= 0.6 is 0 Å². The number of hydrogen-bond acceptors (Lipinski definition) is 3. The second-order valence-electron chi connectivity index (χ2n) is 4.11. The number of aromatic nitrogens is 1. The number of nitrogen functional groups attached to an aromatic ring is 1. The van der Waals surface area contributed by atoms with Crippen molar-refractivity contribution < 1.29 is 4.79 Å². The molecule has 1 heterocycles. The Labute approximate surface area is 106 Å². The first-order chi connectivity index (χ1) is 8.66. The second-order valence-corrected chi connectivity index (χ2v) is 4.11. The summed E-state index contributed by atoms with van der Waals surface area (Å²) in [7, 11) is 0. The number of carbonyl (C=O) groups excluding carboxylic acids is 1. The Morgan fingerprint density at radius 2 is 2.17 bits per heavy atom. The van der Waals surface area contributed by atoms with Crippen molar-refractivity contribution in [3.05, 3.63) is 59.4 Å². The highest BCUT2D eigenvalue weighted by Gasteiger charge is 2.09. The van der Waals surface area contributed by atoms with Gasteiger partial charge in [-0.2, -0.15) is 0 Å². The molecule has 0 unspecified atom stereocenters. The van der Waals surface area contributed by atoms with Gasteiger partial charge in [0.15, 0.2) is 5.69 Å². The average molecular weight is 241 g/mol. The Morgan fingerprint density at radius 1 is 1.33 bits per heavy atom. The number of aryl methyl sites for hydroxylation is 1. The molecule has 0 spiro atoms. The lowest BCUT2D eigenvalue weighted by atomic mass is 10.1. The number of carbonyl (C=O) groups is 1. The SMILES string of the molecule is Cc1cccc(CNC(=O)c2ncccc2N)c1. The van der Waals surface area contributed by atoms with Crippen molar-refractivity contribution in [2.24, 2.45) is 0 Å². The van der Waals surface area contributed by atoms with Crippen LogP contribution in [0.3, 0.4) is 0 Å². The van der Waals surface area contributed by atoms with Crippen LogP contribution in [0.1, 0.15) is 21.6 Å².